The Morgan fingerprint density at radius 1 is 1.25 bits per heavy atom. The minimum absolute atomic E-state index is 0.255. The van der Waals surface area contributed by atoms with Gasteiger partial charge in [0.1, 0.15) is 5.76 Å². The van der Waals surface area contributed by atoms with Crippen LogP contribution in [0.3, 0.4) is 0 Å². The highest BCUT2D eigenvalue weighted by atomic mass is 35.5. The Labute approximate surface area is 156 Å². The van der Waals surface area contributed by atoms with E-state index < -0.39 is 5.97 Å². The van der Waals surface area contributed by atoms with Crippen LogP contribution < -0.4 is 5.32 Å². The van der Waals surface area contributed by atoms with Crippen molar-refractivity contribution in [2.45, 2.75) is 12.8 Å². The van der Waals surface area contributed by atoms with Crippen LogP contribution in [-0.4, -0.2) is 13.0 Å². The molecule has 24 heavy (non-hydrogen) atoms. The summed E-state index contributed by atoms with van der Waals surface area (Å²) >= 11 is 18.1. The van der Waals surface area contributed by atoms with Gasteiger partial charge in [-0.25, -0.2) is 4.79 Å². The van der Waals surface area contributed by atoms with E-state index in [0.717, 1.165) is 5.57 Å². The molecule has 0 atom stereocenters. The molecular formula is C18H16Cl3NO2. The summed E-state index contributed by atoms with van der Waals surface area (Å²) in [5, 5.41) is 4.26. The lowest BCUT2D eigenvalue weighted by Crippen LogP contribution is -2.06. The number of ether oxygens (including phenoxy) is 1. The predicted molar refractivity (Wildman–Crippen MR) is 99.4 cm³/mol. The maximum Gasteiger partial charge on any atom is 0.344 e. The molecule has 2 rings (SSSR count). The highest BCUT2D eigenvalue weighted by Crippen LogP contribution is 2.29. The third-order valence-corrected chi connectivity index (χ3v) is 4.19. The second-order valence-corrected chi connectivity index (χ2v) is 6.24. The molecule has 0 unspecified atom stereocenters. The fraction of sp³-hybridized carbons (Fsp3) is 0.167. The van der Waals surface area contributed by atoms with Gasteiger partial charge in [0.25, 0.3) is 0 Å². The van der Waals surface area contributed by atoms with Crippen molar-refractivity contribution >= 4 is 40.8 Å². The van der Waals surface area contributed by atoms with E-state index >= 15 is 0 Å². The van der Waals surface area contributed by atoms with E-state index in [1.54, 1.807) is 18.3 Å². The molecule has 0 bridgehead atoms. The first-order valence-electron chi connectivity index (χ1n) is 7.26. The molecule has 0 radical (unpaired) electrons. The molecule has 0 fully saturated rings. The number of hydrogen-bond acceptors (Lipinski definition) is 3. The van der Waals surface area contributed by atoms with Crippen LogP contribution in [0.2, 0.25) is 10.0 Å². The Balaban J connectivity index is 2.14. The van der Waals surface area contributed by atoms with Gasteiger partial charge in [-0.1, -0.05) is 47.0 Å². The Morgan fingerprint density at radius 2 is 2.04 bits per heavy atom. The smallest absolute Gasteiger partial charge is 0.344 e. The summed E-state index contributed by atoms with van der Waals surface area (Å²) in [4.78, 5) is 12.3. The molecule has 1 aromatic carbocycles. The van der Waals surface area contributed by atoms with Crippen LogP contribution in [0.4, 0.5) is 0 Å². The van der Waals surface area contributed by atoms with Crippen LogP contribution in [0, 0.1) is 0 Å². The fourth-order valence-corrected chi connectivity index (χ4v) is 2.78. The minimum atomic E-state index is -0.522. The lowest BCUT2D eigenvalue weighted by Gasteiger charge is -2.10. The number of nitrogens with one attached hydrogen (secondary N) is 1. The number of benzene rings is 1. The molecule has 1 aliphatic rings. The molecule has 6 heteroatoms. The molecule has 0 saturated carbocycles. The monoisotopic (exact) mass is 383 g/mol. The molecular weight excluding hydrogens is 369 g/mol. The van der Waals surface area contributed by atoms with Crippen molar-refractivity contribution in [2.75, 3.05) is 7.05 Å². The Bertz CT molecular complexity index is 749. The lowest BCUT2D eigenvalue weighted by molar-refractivity contribution is 0.0618. The third-order valence-electron chi connectivity index (χ3n) is 3.25. The molecule has 0 amide bonds. The Hall–Kier alpha value is -1.68. The summed E-state index contributed by atoms with van der Waals surface area (Å²) in [7, 11) is 1.81. The van der Waals surface area contributed by atoms with Crippen LogP contribution in [-0.2, 0) is 4.74 Å². The molecule has 126 valence electrons. The third kappa shape index (κ3) is 5.17. The van der Waals surface area contributed by atoms with Crippen LogP contribution >= 0.6 is 34.8 Å². The van der Waals surface area contributed by atoms with E-state index in [4.69, 9.17) is 39.5 Å². The van der Waals surface area contributed by atoms with Gasteiger partial charge in [-0.2, -0.15) is 0 Å². The molecule has 0 aromatic heterocycles. The van der Waals surface area contributed by atoms with E-state index in [1.807, 2.05) is 31.4 Å². The topological polar surface area (TPSA) is 38.3 Å². The summed E-state index contributed by atoms with van der Waals surface area (Å²) in [5.41, 5.74) is 1.13. The molecule has 0 spiro atoms. The van der Waals surface area contributed by atoms with Gasteiger partial charge in [0.15, 0.2) is 0 Å². The number of halogens is 3. The number of esters is 1. The molecule has 0 saturated heterocycles. The average Bonchev–Trinajstić information content (AvgIpc) is 2.69. The summed E-state index contributed by atoms with van der Waals surface area (Å²) in [6, 6.07) is 4.65. The number of allylic oxidation sites excluding steroid dienone is 6. The van der Waals surface area contributed by atoms with Crippen LogP contribution in [0.5, 0.6) is 0 Å². The van der Waals surface area contributed by atoms with Crippen molar-refractivity contribution < 1.29 is 9.53 Å². The molecule has 0 heterocycles. The van der Waals surface area contributed by atoms with Gasteiger partial charge in [0, 0.05) is 23.5 Å². The molecule has 3 nitrogen and oxygen atoms in total. The highest BCUT2D eigenvalue weighted by Gasteiger charge is 2.17. The normalized spacial score (nSPS) is 16.6. The first-order valence-corrected chi connectivity index (χ1v) is 8.40. The van der Waals surface area contributed by atoms with E-state index in [2.05, 4.69) is 5.32 Å². The van der Waals surface area contributed by atoms with Crippen molar-refractivity contribution in [2.24, 2.45) is 0 Å². The second-order valence-electron chi connectivity index (χ2n) is 4.99. The van der Waals surface area contributed by atoms with Crippen molar-refractivity contribution in [3.63, 3.8) is 0 Å². The molecule has 0 aliphatic heterocycles. The SMILES string of the molecule is CN/C=C\C=C1/CC(OC(=O)c2ccc(Cl)cc2Cl)=CCC=C1Cl. The molecule has 1 aliphatic carbocycles. The summed E-state index contributed by atoms with van der Waals surface area (Å²) in [6.45, 7) is 0. The molecule has 1 aromatic rings. The number of carbonyl (C=O) groups excluding carboxylic acids is 1. The van der Waals surface area contributed by atoms with E-state index in [1.165, 1.54) is 6.07 Å². The average molecular weight is 385 g/mol. The standard InChI is InChI=1S/C18H16Cl3NO2/c1-22-9-3-4-12-10-14(5-2-6-16(12)20)24-18(23)15-8-7-13(19)11-17(15)21/h3-9,11,22H,2,10H2,1H3/b9-3-,12-4+. The largest absolute Gasteiger partial charge is 0.427 e. The Morgan fingerprint density at radius 3 is 2.75 bits per heavy atom. The van der Waals surface area contributed by atoms with Gasteiger partial charge in [-0.15, -0.1) is 0 Å². The molecule has 1 N–H and O–H groups in total. The number of rotatable bonds is 4. The van der Waals surface area contributed by atoms with E-state index in [9.17, 15) is 4.79 Å². The van der Waals surface area contributed by atoms with Crippen LogP contribution in [0.15, 0.2) is 65.1 Å². The van der Waals surface area contributed by atoms with Crippen molar-refractivity contribution in [1.82, 2.24) is 5.32 Å². The highest BCUT2D eigenvalue weighted by molar-refractivity contribution is 6.36. The Kier molecular flexibility index (Phi) is 6.98. The first kappa shape index (κ1) is 18.7. The van der Waals surface area contributed by atoms with Crippen LogP contribution in [0.1, 0.15) is 23.2 Å². The predicted octanol–water partition coefficient (Wildman–Crippen LogP) is 5.61. The van der Waals surface area contributed by atoms with Gasteiger partial charge < -0.3 is 10.1 Å². The second kappa shape index (κ2) is 8.97. The zero-order valence-electron chi connectivity index (χ0n) is 13.0. The van der Waals surface area contributed by atoms with Gasteiger partial charge >= 0.3 is 5.97 Å². The summed E-state index contributed by atoms with van der Waals surface area (Å²) < 4.78 is 5.49. The maximum absolute atomic E-state index is 12.3. The fourth-order valence-electron chi connectivity index (χ4n) is 2.08. The maximum atomic E-state index is 12.3. The minimum Gasteiger partial charge on any atom is -0.427 e. The first-order chi connectivity index (χ1) is 11.5. The number of hydrogen-bond donors (Lipinski definition) is 1. The van der Waals surface area contributed by atoms with Crippen LogP contribution in [0.25, 0.3) is 0 Å². The number of carbonyl (C=O) groups is 1. The lowest BCUT2D eigenvalue weighted by atomic mass is 10.1. The quantitative estimate of drug-likeness (QED) is 0.686. The summed E-state index contributed by atoms with van der Waals surface area (Å²) in [5.74, 6) is 0.00748. The zero-order valence-corrected chi connectivity index (χ0v) is 15.3. The van der Waals surface area contributed by atoms with Crippen molar-refractivity contribution in [3.05, 3.63) is 80.7 Å². The van der Waals surface area contributed by atoms with Gasteiger partial charge in [-0.3, -0.25) is 0 Å². The van der Waals surface area contributed by atoms with Crippen molar-refractivity contribution in [3.8, 4) is 0 Å². The summed E-state index contributed by atoms with van der Waals surface area (Å²) in [6.07, 6.45) is 10.2. The van der Waals surface area contributed by atoms with E-state index in [0.29, 0.717) is 28.7 Å². The van der Waals surface area contributed by atoms with Gasteiger partial charge in [0.2, 0.25) is 0 Å². The van der Waals surface area contributed by atoms with Gasteiger partial charge in [-0.05, 0) is 48.5 Å². The van der Waals surface area contributed by atoms with Gasteiger partial charge in [0.05, 0.1) is 10.6 Å². The van der Waals surface area contributed by atoms with E-state index in [-0.39, 0.29) is 10.6 Å². The van der Waals surface area contributed by atoms with Crippen molar-refractivity contribution in [1.29, 1.82) is 0 Å². The zero-order chi connectivity index (χ0) is 17.5.